The highest BCUT2D eigenvalue weighted by Gasteiger charge is 2.09. The number of hydrogen-bond donors (Lipinski definition) is 1. The Hall–Kier alpha value is -1.58. The Kier molecular flexibility index (Phi) is 4.18. The molecule has 0 aliphatic heterocycles. The Balaban J connectivity index is 2.31. The summed E-state index contributed by atoms with van der Waals surface area (Å²) in [6.07, 6.45) is 0. The molecule has 0 heterocycles. The highest BCUT2D eigenvalue weighted by atomic mass is 35.5. The second-order valence-electron chi connectivity index (χ2n) is 3.81. The van der Waals surface area contributed by atoms with Crippen molar-refractivity contribution in [3.8, 4) is 11.5 Å². The van der Waals surface area contributed by atoms with E-state index in [-0.39, 0.29) is 5.82 Å². The van der Waals surface area contributed by atoms with E-state index in [1.165, 1.54) is 6.07 Å². The van der Waals surface area contributed by atoms with Crippen molar-refractivity contribution in [1.29, 1.82) is 0 Å². The zero-order valence-corrected chi connectivity index (χ0v) is 10.7. The summed E-state index contributed by atoms with van der Waals surface area (Å²) >= 11 is 5.88. The number of hydrogen-bond acceptors (Lipinski definition) is 2. The van der Waals surface area contributed by atoms with Gasteiger partial charge in [-0.1, -0.05) is 23.7 Å². The molecule has 0 unspecified atom stereocenters. The Bertz CT molecular complexity index is 545. The Morgan fingerprint density at radius 1 is 1.22 bits per heavy atom. The SMILES string of the molecule is CNCc1c(F)cccc1Oc1cccc(Cl)c1. The molecule has 2 aromatic carbocycles. The smallest absolute Gasteiger partial charge is 0.134 e. The minimum atomic E-state index is -0.288. The van der Waals surface area contributed by atoms with Crippen LogP contribution in [0.2, 0.25) is 5.02 Å². The van der Waals surface area contributed by atoms with Crippen molar-refractivity contribution in [2.75, 3.05) is 7.05 Å². The summed E-state index contributed by atoms with van der Waals surface area (Å²) in [5.74, 6) is 0.793. The second-order valence-corrected chi connectivity index (χ2v) is 4.24. The monoisotopic (exact) mass is 265 g/mol. The van der Waals surface area contributed by atoms with Gasteiger partial charge >= 0.3 is 0 Å². The van der Waals surface area contributed by atoms with Crippen LogP contribution in [0.25, 0.3) is 0 Å². The number of halogens is 2. The molecule has 2 nitrogen and oxygen atoms in total. The van der Waals surface area contributed by atoms with E-state index in [0.29, 0.717) is 28.6 Å². The largest absolute Gasteiger partial charge is 0.457 e. The summed E-state index contributed by atoms with van der Waals surface area (Å²) in [6.45, 7) is 0.405. The summed E-state index contributed by atoms with van der Waals surface area (Å²) in [7, 11) is 1.76. The van der Waals surface area contributed by atoms with E-state index >= 15 is 0 Å². The highest BCUT2D eigenvalue weighted by molar-refractivity contribution is 6.30. The van der Waals surface area contributed by atoms with Crippen LogP contribution in [0.5, 0.6) is 11.5 Å². The van der Waals surface area contributed by atoms with Gasteiger partial charge in [-0.3, -0.25) is 0 Å². The zero-order chi connectivity index (χ0) is 13.0. The Labute approximate surface area is 110 Å². The van der Waals surface area contributed by atoms with Crippen LogP contribution >= 0.6 is 11.6 Å². The minimum Gasteiger partial charge on any atom is -0.457 e. The third-order valence-corrected chi connectivity index (χ3v) is 2.69. The lowest BCUT2D eigenvalue weighted by Gasteiger charge is -2.11. The molecule has 1 N–H and O–H groups in total. The number of nitrogens with one attached hydrogen (secondary N) is 1. The maximum Gasteiger partial charge on any atom is 0.134 e. The second kappa shape index (κ2) is 5.85. The van der Waals surface area contributed by atoms with Crippen molar-refractivity contribution in [1.82, 2.24) is 5.32 Å². The first-order valence-corrected chi connectivity index (χ1v) is 5.94. The van der Waals surface area contributed by atoms with E-state index in [2.05, 4.69) is 5.32 Å². The van der Waals surface area contributed by atoms with Gasteiger partial charge in [0.15, 0.2) is 0 Å². The molecule has 0 aliphatic rings. The van der Waals surface area contributed by atoms with E-state index < -0.39 is 0 Å². The van der Waals surface area contributed by atoms with Gasteiger partial charge in [-0.2, -0.15) is 0 Å². The van der Waals surface area contributed by atoms with E-state index in [4.69, 9.17) is 16.3 Å². The first kappa shape index (κ1) is 12.9. The van der Waals surface area contributed by atoms with Crippen LogP contribution in [0.1, 0.15) is 5.56 Å². The predicted molar refractivity (Wildman–Crippen MR) is 70.7 cm³/mol. The lowest BCUT2D eigenvalue weighted by atomic mass is 10.2. The first-order chi connectivity index (χ1) is 8.70. The van der Waals surface area contributed by atoms with Gasteiger partial charge in [0.25, 0.3) is 0 Å². The average Bonchev–Trinajstić information content (AvgIpc) is 2.34. The zero-order valence-electron chi connectivity index (χ0n) is 9.91. The average molecular weight is 266 g/mol. The Morgan fingerprint density at radius 2 is 2.00 bits per heavy atom. The summed E-state index contributed by atoms with van der Waals surface area (Å²) in [5.41, 5.74) is 0.500. The van der Waals surface area contributed by atoms with Gasteiger partial charge in [-0.15, -0.1) is 0 Å². The molecular formula is C14H13ClFNO. The van der Waals surface area contributed by atoms with Gasteiger partial charge in [0.05, 0.1) is 0 Å². The van der Waals surface area contributed by atoms with Crippen LogP contribution in [-0.4, -0.2) is 7.05 Å². The quantitative estimate of drug-likeness (QED) is 0.902. The van der Waals surface area contributed by atoms with Gasteiger partial charge in [0.2, 0.25) is 0 Å². The van der Waals surface area contributed by atoms with Crippen molar-refractivity contribution >= 4 is 11.6 Å². The standard InChI is InChI=1S/C14H13ClFNO/c1-17-9-12-13(16)6-3-7-14(12)18-11-5-2-4-10(15)8-11/h2-8,17H,9H2,1H3. The van der Waals surface area contributed by atoms with E-state index in [0.717, 1.165) is 0 Å². The van der Waals surface area contributed by atoms with Gasteiger partial charge in [-0.05, 0) is 37.4 Å². The molecule has 0 aliphatic carbocycles. The minimum absolute atomic E-state index is 0.288. The summed E-state index contributed by atoms with van der Waals surface area (Å²) in [6, 6.07) is 11.8. The van der Waals surface area contributed by atoms with Crippen LogP contribution in [0.3, 0.4) is 0 Å². The fraction of sp³-hybridized carbons (Fsp3) is 0.143. The number of benzene rings is 2. The highest BCUT2D eigenvalue weighted by Crippen LogP contribution is 2.28. The third kappa shape index (κ3) is 3.00. The van der Waals surface area contributed by atoms with Gasteiger partial charge in [0.1, 0.15) is 17.3 Å². The summed E-state index contributed by atoms with van der Waals surface area (Å²) in [5, 5.41) is 3.50. The predicted octanol–water partition coefficient (Wildman–Crippen LogP) is 3.99. The molecule has 2 rings (SSSR count). The molecule has 18 heavy (non-hydrogen) atoms. The van der Waals surface area contributed by atoms with E-state index in [1.54, 1.807) is 43.4 Å². The van der Waals surface area contributed by atoms with Crippen LogP contribution in [0, 0.1) is 5.82 Å². The molecule has 0 amide bonds. The molecule has 0 fully saturated rings. The first-order valence-electron chi connectivity index (χ1n) is 5.56. The van der Waals surface area contributed by atoms with Crippen LogP contribution in [0.4, 0.5) is 4.39 Å². The van der Waals surface area contributed by atoms with Crippen LogP contribution in [-0.2, 0) is 6.54 Å². The molecule has 2 aromatic rings. The van der Waals surface area contributed by atoms with Gasteiger partial charge in [-0.25, -0.2) is 4.39 Å². The molecular weight excluding hydrogens is 253 g/mol. The van der Waals surface area contributed by atoms with Crippen molar-refractivity contribution in [3.63, 3.8) is 0 Å². The lowest BCUT2D eigenvalue weighted by Crippen LogP contribution is -2.08. The third-order valence-electron chi connectivity index (χ3n) is 2.45. The maximum atomic E-state index is 13.7. The molecule has 0 aromatic heterocycles. The summed E-state index contributed by atoms with van der Waals surface area (Å²) in [4.78, 5) is 0. The van der Waals surface area contributed by atoms with Gasteiger partial charge < -0.3 is 10.1 Å². The van der Waals surface area contributed by atoms with Crippen molar-refractivity contribution < 1.29 is 9.13 Å². The van der Waals surface area contributed by atoms with E-state index in [1.807, 2.05) is 0 Å². The molecule has 94 valence electrons. The lowest BCUT2D eigenvalue weighted by molar-refractivity contribution is 0.464. The van der Waals surface area contributed by atoms with Crippen LogP contribution < -0.4 is 10.1 Å². The van der Waals surface area contributed by atoms with Crippen molar-refractivity contribution in [2.45, 2.75) is 6.54 Å². The summed E-state index contributed by atoms with van der Waals surface area (Å²) < 4.78 is 19.3. The molecule has 0 saturated heterocycles. The topological polar surface area (TPSA) is 21.3 Å². The number of ether oxygens (including phenoxy) is 1. The fourth-order valence-corrected chi connectivity index (χ4v) is 1.82. The Morgan fingerprint density at radius 3 is 2.72 bits per heavy atom. The number of rotatable bonds is 4. The molecule has 0 atom stereocenters. The maximum absolute atomic E-state index is 13.7. The molecule has 0 saturated carbocycles. The van der Waals surface area contributed by atoms with E-state index in [9.17, 15) is 4.39 Å². The van der Waals surface area contributed by atoms with Crippen molar-refractivity contribution in [3.05, 3.63) is 58.9 Å². The van der Waals surface area contributed by atoms with Gasteiger partial charge in [0, 0.05) is 17.1 Å². The normalized spacial score (nSPS) is 10.4. The molecule has 4 heteroatoms. The van der Waals surface area contributed by atoms with Crippen molar-refractivity contribution in [2.24, 2.45) is 0 Å². The molecule has 0 bridgehead atoms. The fourth-order valence-electron chi connectivity index (χ4n) is 1.64. The molecule has 0 spiro atoms. The molecule has 0 radical (unpaired) electrons. The van der Waals surface area contributed by atoms with Crippen LogP contribution in [0.15, 0.2) is 42.5 Å².